The Balaban J connectivity index is 1.66. The van der Waals surface area contributed by atoms with Gasteiger partial charge in [-0.3, -0.25) is 0 Å². The molecule has 1 heterocycles. The first-order valence-electron chi connectivity index (χ1n) is 6.58. The first-order valence-corrected chi connectivity index (χ1v) is 8.38. The number of ether oxygens (including phenoxy) is 1. The topological polar surface area (TPSA) is 58.5 Å². The van der Waals surface area contributed by atoms with Gasteiger partial charge < -0.3 is 14.7 Å². The number of hydrogen-bond acceptors (Lipinski definition) is 7. The Kier molecular flexibility index (Phi) is 6.44. The highest BCUT2D eigenvalue weighted by Gasteiger charge is 2.10. The van der Waals surface area contributed by atoms with Crippen LogP contribution in [0, 0.1) is 0 Å². The predicted molar refractivity (Wildman–Crippen MR) is 87.1 cm³/mol. The minimum absolute atomic E-state index is 0.321. The van der Waals surface area contributed by atoms with Crippen LogP contribution in [-0.4, -0.2) is 47.9 Å². The molecule has 0 saturated carbocycles. The maximum atomic E-state index is 9.90. The molecule has 21 heavy (non-hydrogen) atoms. The molecule has 1 N–H and O–H groups in total. The average Bonchev–Trinajstić information content (AvgIpc) is 2.95. The van der Waals surface area contributed by atoms with Gasteiger partial charge in [-0.2, -0.15) is 0 Å². The van der Waals surface area contributed by atoms with Crippen molar-refractivity contribution in [3.8, 4) is 0 Å². The summed E-state index contributed by atoms with van der Waals surface area (Å²) in [6, 6.07) is 9.93. The molecular weight excluding hydrogens is 306 g/mol. The summed E-state index contributed by atoms with van der Waals surface area (Å²) in [6.07, 6.45) is -0.509. The van der Waals surface area contributed by atoms with E-state index in [9.17, 15) is 5.11 Å². The normalized spacial score (nSPS) is 12.3. The Morgan fingerprint density at radius 3 is 2.71 bits per heavy atom. The monoisotopic (exact) mass is 325 g/mol. The highest BCUT2D eigenvalue weighted by Crippen LogP contribution is 2.27. The van der Waals surface area contributed by atoms with E-state index in [-0.39, 0.29) is 0 Å². The fraction of sp³-hybridized carbons (Fsp3) is 0.429. The molecule has 0 saturated heterocycles. The predicted octanol–water partition coefficient (Wildman–Crippen LogP) is 2.27. The lowest BCUT2D eigenvalue weighted by atomic mass is 10.2. The molecule has 0 aliphatic rings. The number of aromatic nitrogens is 2. The van der Waals surface area contributed by atoms with Crippen LogP contribution in [0.1, 0.15) is 5.56 Å². The number of nitrogens with zero attached hydrogens (tertiary/aromatic N) is 3. The molecule has 7 heteroatoms. The number of anilines is 1. The van der Waals surface area contributed by atoms with Crippen molar-refractivity contribution in [3.63, 3.8) is 0 Å². The van der Waals surface area contributed by atoms with E-state index >= 15 is 0 Å². The first-order chi connectivity index (χ1) is 10.1. The molecular formula is C14H19N3O2S2. The molecule has 1 aromatic carbocycles. The highest BCUT2D eigenvalue weighted by molar-refractivity contribution is 8.01. The average molecular weight is 325 g/mol. The third-order valence-electron chi connectivity index (χ3n) is 2.60. The maximum absolute atomic E-state index is 9.90. The van der Waals surface area contributed by atoms with Crippen molar-refractivity contribution < 1.29 is 9.84 Å². The van der Waals surface area contributed by atoms with Gasteiger partial charge in [-0.25, -0.2) is 0 Å². The van der Waals surface area contributed by atoms with Gasteiger partial charge in [0.1, 0.15) is 0 Å². The molecule has 2 rings (SSSR count). The SMILES string of the molecule is CN(C)c1nnc(SCC(O)COCc2ccccc2)s1. The van der Waals surface area contributed by atoms with Crippen LogP contribution in [0.3, 0.4) is 0 Å². The van der Waals surface area contributed by atoms with Crippen LogP contribution in [0.4, 0.5) is 5.13 Å². The molecule has 0 aliphatic heterocycles. The second-order valence-electron chi connectivity index (χ2n) is 4.71. The molecule has 5 nitrogen and oxygen atoms in total. The van der Waals surface area contributed by atoms with Crippen molar-refractivity contribution in [2.45, 2.75) is 17.1 Å². The molecule has 0 bridgehead atoms. The molecule has 0 fully saturated rings. The molecule has 1 unspecified atom stereocenters. The van der Waals surface area contributed by atoms with Gasteiger partial charge in [0.15, 0.2) is 4.34 Å². The fourth-order valence-corrected chi connectivity index (χ4v) is 3.24. The fourth-order valence-electron chi connectivity index (χ4n) is 1.54. The van der Waals surface area contributed by atoms with Crippen LogP contribution in [0.15, 0.2) is 34.7 Å². The van der Waals surface area contributed by atoms with Gasteiger partial charge in [0.25, 0.3) is 0 Å². The standard InChI is InChI=1S/C14H19N3O2S2/c1-17(2)13-15-16-14(21-13)20-10-12(18)9-19-8-11-6-4-3-5-7-11/h3-7,12,18H,8-10H2,1-2H3. The van der Waals surface area contributed by atoms with Crippen LogP contribution < -0.4 is 4.90 Å². The van der Waals surface area contributed by atoms with Crippen molar-refractivity contribution in [2.75, 3.05) is 31.4 Å². The number of benzene rings is 1. The van der Waals surface area contributed by atoms with Gasteiger partial charge in [0, 0.05) is 19.8 Å². The summed E-state index contributed by atoms with van der Waals surface area (Å²) >= 11 is 3.02. The third kappa shape index (κ3) is 5.62. The van der Waals surface area contributed by atoms with Gasteiger partial charge in [-0.15, -0.1) is 10.2 Å². The van der Waals surface area contributed by atoms with Crippen LogP contribution >= 0.6 is 23.1 Å². The van der Waals surface area contributed by atoms with E-state index in [1.807, 2.05) is 49.3 Å². The Hall–Kier alpha value is -1.15. The molecule has 0 radical (unpaired) electrons. The lowest BCUT2D eigenvalue weighted by Gasteiger charge is -2.10. The van der Waals surface area contributed by atoms with E-state index in [1.54, 1.807) is 0 Å². The van der Waals surface area contributed by atoms with Gasteiger partial charge in [0.2, 0.25) is 5.13 Å². The summed E-state index contributed by atoms with van der Waals surface area (Å²) in [5.74, 6) is 0.552. The largest absolute Gasteiger partial charge is 0.390 e. The molecule has 114 valence electrons. The van der Waals surface area contributed by atoms with Gasteiger partial charge in [-0.1, -0.05) is 53.4 Å². The first kappa shape index (κ1) is 16.2. The summed E-state index contributed by atoms with van der Waals surface area (Å²) in [7, 11) is 3.86. The van der Waals surface area contributed by atoms with Crippen molar-refractivity contribution >= 4 is 28.2 Å². The van der Waals surface area contributed by atoms with E-state index < -0.39 is 6.10 Å². The number of rotatable bonds is 8. The number of aliphatic hydroxyl groups is 1. The van der Waals surface area contributed by atoms with E-state index in [2.05, 4.69) is 10.2 Å². The highest BCUT2D eigenvalue weighted by atomic mass is 32.2. The maximum Gasteiger partial charge on any atom is 0.208 e. The van der Waals surface area contributed by atoms with Crippen LogP contribution in [0.5, 0.6) is 0 Å². The third-order valence-corrected chi connectivity index (χ3v) is 4.97. The van der Waals surface area contributed by atoms with E-state index in [4.69, 9.17) is 4.74 Å². The van der Waals surface area contributed by atoms with Gasteiger partial charge in [-0.05, 0) is 5.56 Å². The Morgan fingerprint density at radius 1 is 1.29 bits per heavy atom. The Bertz CT molecular complexity index is 534. The van der Waals surface area contributed by atoms with E-state index in [0.29, 0.717) is 19.0 Å². The minimum atomic E-state index is -0.509. The number of thioether (sulfide) groups is 1. The molecule has 2 aromatic rings. The van der Waals surface area contributed by atoms with E-state index in [1.165, 1.54) is 23.1 Å². The summed E-state index contributed by atoms with van der Waals surface area (Å²) in [5.41, 5.74) is 1.11. The molecule has 1 atom stereocenters. The van der Waals surface area contributed by atoms with Crippen molar-refractivity contribution in [1.82, 2.24) is 10.2 Å². The number of hydrogen-bond donors (Lipinski definition) is 1. The van der Waals surface area contributed by atoms with Gasteiger partial charge in [0.05, 0.1) is 19.3 Å². The molecule has 1 aromatic heterocycles. The van der Waals surface area contributed by atoms with E-state index in [0.717, 1.165) is 15.0 Å². The number of aliphatic hydroxyl groups excluding tert-OH is 1. The summed E-state index contributed by atoms with van der Waals surface area (Å²) in [5, 5.41) is 18.9. The van der Waals surface area contributed by atoms with Crippen molar-refractivity contribution in [3.05, 3.63) is 35.9 Å². The molecule has 0 amide bonds. The second-order valence-corrected chi connectivity index (χ2v) is 6.93. The second kappa shape index (κ2) is 8.33. The molecule has 0 aliphatic carbocycles. The molecule has 0 spiro atoms. The van der Waals surface area contributed by atoms with Crippen LogP contribution in [0.25, 0.3) is 0 Å². The Labute approximate surface area is 133 Å². The Morgan fingerprint density at radius 2 is 2.05 bits per heavy atom. The lowest BCUT2D eigenvalue weighted by Crippen LogP contribution is -2.17. The zero-order valence-corrected chi connectivity index (χ0v) is 13.7. The van der Waals surface area contributed by atoms with Crippen molar-refractivity contribution in [2.24, 2.45) is 0 Å². The summed E-state index contributed by atoms with van der Waals surface area (Å²) in [6.45, 7) is 0.841. The zero-order chi connectivity index (χ0) is 15.1. The summed E-state index contributed by atoms with van der Waals surface area (Å²) < 4.78 is 6.37. The lowest BCUT2D eigenvalue weighted by molar-refractivity contribution is 0.0398. The smallest absolute Gasteiger partial charge is 0.208 e. The minimum Gasteiger partial charge on any atom is -0.390 e. The van der Waals surface area contributed by atoms with Crippen LogP contribution in [0.2, 0.25) is 0 Å². The zero-order valence-electron chi connectivity index (χ0n) is 12.1. The van der Waals surface area contributed by atoms with Crippen molar-refractivity contribution in [1.29, 1.82) is 0 Å². The van der Waals surface area contributed by atoms with Crippen LogP contribution in [-0.2, 0) is 11.3 Å². The quantitative estimate of drug-likeness (QED) is 0.752. The van der Waals surface area contributed by atoms with Gasteiger partial charge >= 0.3 is 0 Å². The summed E-state index contributed by atoms with van der Waals surface area (Å²) in [4.78, 5) is 1.92.